The van der Waals surface area contributed by atoms with Crippen LogP contribution in [-0.2, 0) is 4.79 Å². The fraction of sp³-hybridized carbons (Fsp3) is 0.190. The quantitative estimate of drug-likeness (QED) is 0.546. The van der Waals surface area contributed by atoms with Crippen LogP contribution in [0.4, 0.5) is 0 Å². The Morgan fingerprint density at radius 3 is 2.39 bits per heavy atom. The number of aromatic nitrogens is 2. The Hall–Kier alpha value is -2.51. The molecule has 1 N–H and O–H groups in total. The van der Waals surface area contributed by atoms with Crippen molar-refractivity contribution in [1.82, 2.24) is 15.3 Å². The highest BCUT2D eigenvalue weighted by Crippen LogP contribution is 2.32. The SMILES string of the molecule is COc1ccc([C@@H](C)NC(=O)CSc2nccnc2Sc2ccccc2)cc1. The molecule has 1 amide bonds. The number of methoxy groups -OCH3 is 1. The van der Waals surface area contributed by atoms with Crippen molar-refractivity contribution in [2.45, 2.75) is 27.9 Å². The second kappa shape index (κ2) is 10.1. The molecule has 28 heavy (non-hydrogen) atoms. The fourth-order valence-corrected chi connectivity index (χ4v) is 4.21. The summed E-state index contributed by atoms with van der Waals surface area (Å²) in [5, 5.41) is 4.57. The Morgan fingerprint density at radius 1 is 1.04 bits per heavy atom. The number of carbonyl (C=O) groups excluding carboxylic acids is 1. The molecule has 0 spiro atoms. The van der Waals surface area contributed by atoms with Crippen molar-refractivity contribution < 1.29 is 9.53 Å². The van der Waals surface area contributed by atoms with Gasteiger partial charge in [0.1, 0.15) is 15.8 Å². The molecule has 2 aromatic carbocycles. The molecule has 1 atom stereocenters. The van der Waals surface area contributed by atoms with E-state index in [-0.39, 0.29) is 17.7 Å². The number of hydrogen-bond acceptors (Lipinski definition) is 6. The Labute approximate surface area is 173 Å². The van der Waals surface area contributed by atoms with Crippen LogP contribution in [0.2, 0.25) is 0 Å². The van der Waals surface area contributed by atoms with Gasteiger partial charge in [0.05, 0.1) is 18.9 Å². The first-order valence-corrected chi connectivity index (χ1v) is 10.6. The smallest absolute Gasteiger partial charge is 0.230 e. The predicted octanol–water partition coefficient (Wildman–Crippen LogP) is 4.61. The fourth-order valence-electron chi connectivity index (χ4n) is 2.47. The number of thioether (sulfide) groups is 1. The molecule has 3 aromatic rings. The van der Waals surface area contributed by atoms with E-state index in [1.807, 2.05) is 61.5 Å². The molecule has 3 rings (SSSR count). The Kier molecular flexibility index (Phi) is 7.33. The maximum Gasteiger partial charge on any atom is 0.230 e. The minimum absolute atomic E-state index is 0.0466. The van der Waals surface area contributed by atoms with Crippen molar-refractivity contribution in [2.75, 3.05) is 12.9 Å². The molecule has 0 aliphatic carbocycles. The van der Waals surface area contributed by atoms with Crippen LogP contribution in [0.3, 0.4) is 0 Å². The van der Waals surface area contributed by atoms with Crippen LogP contribution < -0.4 is 10.1 Å². The van der Waals surface area contributed by atoms with Gasteiger partial charge in [0.15, 0.2) is 0 Å². The average Bonchev–Trinajstić information content (AvgIpc) is 2.74. The van der Waals surface area contributed by atoms with Crippen molar-refractivity contribution in [3.05, 3.63) is 72.6 Å². The number of benzene rings is 2. The topological polar surface area (TPSA) is 64.1 Å². The first-order valence-electron chi connectivity index (χ1n) is 8.75. The van der Waals surface area contributed by atoms with Gasteiger partial charge in [0.2, 0.25) is 5.91 Å². The van der Waals surface area contributed by atoms with Gasteiger partial charge in [-0.05, 0) is 36.8 Å². The third-order valence-electron chi connectivity index (χ3n) is 3.92. The first-order chi connectivity index (χ1) is 13.7. The normalized spacial score (nSPS) is 11.6. The number of hydrogen-bond donors (Lipinski definition) is 1. The molecule has 1 aromatic heterocycles. The molecule has 0 saturated carbocycles. The highest BCUT2D eigenvalue weighted by Gasteiger charge is 2.13. The van der Waals surface area contributed by atoms with Crippen molar-refractivity contribution >= 4 is 29.4 Å². The molecule has 0 unspecified atom stereocenters. The first kappa shape index (κ1) is 20.2. The minimum Gasteiger partial charge on any atom is -0.497 e. The van der Waals surface area contributed by atoms with Gasteiger partial charge >= 0.3 is 0 Å². The van der Waals surface area contributed by atoms with Crippen molar-refractivity contribution in [2.24, 2.45) is 0 Å². The van der Waals surface area contributed by atoms with E-state index in [9.17, 15) is 4.79 Å². The molecule has 0 aliphatic rings. The van der Waals surface area contributed by atoms with E-state index in [1.54, 1.807) is 31.3 Å². The van der Waals surface area contributed by atoms with E-state index in [0.29, 0.717) is 0 Å². The van der Waals surface area contributed by atoms with E-state index in [2.05, 4.69) is 15.3 Å². The van der Waals surface area contributed by atoms with Gasteiger partial charge in [-0.15, -0.1) is 0 Å². The molecule has 0 aliphatic heterocycles. The predicted molar refractivity (Wildman–Crippen MR) is 113 cm³/mol. The Bertz CT molecular complexity index is 905. The molecule has 0 bridgehead atoms. The Morgan fingerprint density at radius 2 is 1.71 bits per heavy atom. The van der Waals surface area contributed by atoms with Crippen molar-refractivity contribution in [3.8, 4) is 5.75 Å². The zero-order chi connectivity index (χ0) is 19.8. The number of amides is 1. The molecule has 5 nitrogen and oxygen atoms in total. The summed E-state index contributed by atoms with van der Waals surface area (Å²) in [6.45, 7) is 1.96. The third-order valence-corrected chi connectivity index (χ3v) is 6.03. The minimum atomic E-state index is -0.0842. The van der Waals surface area contributed by atoms with Gasteiger partial charge in [-0.3, -0.25) is 4.79 Å². The van der Waals surface area contributed by atoms with E-state index in [0.717, 1.165) is 26.3 Å². The average molecular weight is 412 g/mol. The summed E-state index contributed by atoms with van der Waals surface area (Å²) in [6, 6.07) is 17.6. The monoisotopic (exact) mass is 411 g/mol. The summed E-state index contributed by atoms with van der Waals surface area (Å²) in [7, 11) is 1.63. The highest BCUT2D eigenvalue weighted by atomic mass is 32.2. The summed E-state index contributed by atoms with van der Waals surface area (Å²) >= 11 is 2.93. The molecule has 0 radical (unpaired) electrons. The van der Waals surface area contributed by atoms with Gasteiger partial charge in [-0.25, -0.2) is 9.97 Å². The van der Waals surface area contributed by atoms with Crippen LogP contribution in [0, 0.1) is 0 Å². The molecule has 0 fully saturated rings. The standard InChI is InChI=1S/C21H21N3O2S2/c1-15(16-8-10-17(26-2)11-9-16)24-19(25)14-27-20-21(23-13-12-22-20)28-18-6-4-3-5-7-18/h3-13,15H,14H2,1-2H3,(H,24,25)/t15-/m1/s1. The molecular weight excluding hydrogens is 390 g/mol. The molecule has 144 valence electrons. The molecule has 0 saturated heterocycles. The summed E-state index contributed by atoms with van der Waals surface area (Å²) in [5.41, 5.74) is 1.03. The number of nitrogens with one attached hydrogen (secondary N) is 1. The molecular formula is C21H21N3O2S2. The summed E-state index contributed by atoms with van der Waals surface area (Å²) in [6.07, 6.45) is 3.32. The lowest BCUT2D eigenvalue weighted by Gasteiger charge is -2.15. The molecule has 7 heteroatoms. The van der Waals surface area contributed by atoms with Crippen LogP contribution in [0.5, 0.6) is 5.75 Å². The lowest BCUT2D eigenvalue weighted by molar-refractivity contribution is -0.119. The van der Waals surface area contributed by atoms with E-state index in [4.69, 9.17) is 4.74 Å². The van der Waals surface area contributed by atoms with E-state index < -0.39 is 0 Å². The van der Waals surface area contributed by atoms with Crippen molar-refractivity contribution in [1.29, 1.82) is 0 Å². The van der Waals surface area contributed by atoms with Crippen LogP contribution >= 0.6 is 23.5 Å². The lowest BCUT2D eigenvalue weighted by atomic mass is 10.1. The number of ether oxygens (including phenoxy) is 1. The summed E-state index contributed by atoms with van der Waals surface area (Å²) in [4.78, 5) is 22.3. The van der Waals surface area contributed by atoms with E-state index in [1.165, 1.54) is 11.8 Å². The van der Waals surface area contributed by atoms with Gasteiger partial charge in [0.25, 0.3) is 0 Å². The number of carbonyl (C=O) groups is 1. The summed E-state index contributed by atoms with van der Waals surface area (Å²) < 4.78 is 5.17. The maximum atomic E-state index is 12.4. The molecule has 1 heterocycles. The second-order valence-electron chi connectivity index (χ2n) is 5.93. The summed E-state index contributed by atoms with van der Waals surface area (Å²) in [5.74, 6) is 1.03. The van der Waals surface area contributed by atoms with Crippen LogP contribution in [0.15, 0.2) is 81.9 Å². The van der Waals surface area contributed by atoms with Crippen molar-refractivity contribution in [3.63, 3.8) is 0 Å². The van der Waals surface area contributed by atoms with Gasteiger partial charge in [-0.1, -0.05) is 53.9 Å². The van der Waals surface area contributed by atoms with Gasteiger partial charge in [-0.2, -0.15) is 0 Å². The third kappa shape index (κ3) is 5.74. The second-order valence-corrected chi connectivity index (χ2v) is 7.96. The van der Waals surface area contributed by atoms with Crippen LogP contribution in [0.25, 0.3) is 0 Å². The number of nitrogens with zero attached hydrogens (tertiary/aromatic N) is 2. The van der Waals surface area contributed by atoms with Crippen LogP contribution in [0.1, 0.15) is 18.5 Å². The highest BCUT2D eigenvalue weighted by molar-refractivity contribution is 8.02. The Balaban J connectivity index is 1.57. The lowest BCUT2D eigenvalue weighted by Crippen LogP contribution is -2.28. The largest absolute Gasteiger partial charge is 0.497 e. The van der Waals surface area contributed by atoms with Crippen LogP contribution in [-0.4, -0.2) is 28.7 Å². The van der Waals surface area contributed by atoms with Gasteiger partial charge < -0.3 is 10.1 Å². The zero-order valence-electron chi connectivity index (χ0n) is 15.7. The van der Waals surface area contributed by atoms with Gasteiger partial charge in [0, 0.05) is 17.3 Å². The number of rotatable bonds is 8. The maximum absolute atomic E-state index is 12.4. The van der Waals surface area contributed by atoms with E-state index >= 15 is 0 Å². The zero-order valence-corrected chi connectivity index (χ0v) is 17.3.